The molecule has 1 heterocycles. The SMILES string of the molecule is Cc1ccc(CNCCOc2cccc(C)c2C)s1. The Bertz CT molecular complexity index is 533. The number of thiophene rings is 1. The lowest BCUT2D eigenvalue weighted by Gasteiger charge is -2.11. The van der Waals surface area contributed by atoms with E-state index in [1.165, 1.54) is 20.9 Å². The Hall–Kier alpha value is -1.32. The van der Waals surface area contributed by atoms with Crippen molar-refractivity contribution in [2.45, 2.75) is 27.3 Å². The summed E-state index contributed by atoms with van der Waals surface area (Å²) >= 11 is 1.84. The number of rotatable bonds is 6. The third-order valence-corrected chi connectivity index (χ3v) is 4.19. The molecule has 0 aliphatic rings. The Kier molecular flexibility index (Phi) is 5.00. The molecule has 1 N–H and O–H groups in total. The number of aryl methyl sites for hydroxylation is 2. The van der Waals surface area contributed by atoms with E-state index in [-0.39, 0.29) is 0 Å². The molecule has 0 fully saturated rings. The molecule has 19 heavy (non-hydrogen) atoms. The summed E-state index contributed by atoms with van der Waals surface area (Å²) in [7, 11) is 0. The normalized spacial score (nSPS) is 10.7. The van der Waals surface area contributed by atoms with Crippen LogP contribution in [0.1, 0.15) is 20.9 Å². The lowest BCUT2D eigenvalue weighted by Crippen LogP contribution is -2.20. The maximum absolute atomic E-state index is 5.80. The van der Waals surface area contributed by atoms with Crippen molar-refractivity contribution in [3.63, 3.8) is 0 Å². The molecular weight excluding hydrogens is 254 g/mol. The molecule has 1 aromatic heterocycles. The highest BCUT2D eigenvalue weighted by atomic mass is 32.1. The summed E-state index contributed by atoms with van der Waals surface area (Å²) in [5.74, 6) is 0.994. The summed E-state index contributed by atoms with van der Waals surface area (Å²) in [6.45, 7) is 8.84. The largest absolute Gasteiger partial charge is 0.492 e. The maximum atomic E-state index is 5.80. The highest BCUT2D eigenvalue weighted by Gasteiger charge is 2.01. The van der Waals surface area contributed by atoms with Crippen molar-refractivity contribution in [1.29, 1.82) is 0 Å². The van der Waals surface area contributed by atoms with E-state index in [1.54, 1.807) is 0 Å². The molecular formula is C16H21NOS. The molecule has 2 rings (SSSR count). The fourth-order valence-corrected chi connectivity index (χ4v) is 2.77. The molecule has 0 saturated carbocycles. The van der Waals surface area contributed by atoms with Gasteiger partial charge in [-0.05, 0) is 50.1 Å². The topological polar surface area (TPSA) is 21.3 Å². The van der Waals surface area contributed by atoms with E-state index < -0.39 is 0 Å². The van der Waals surface area contributed by atoms with Gasteiger partial charge in [0, 0.05) is 22.8 Å². The van der Waals surface area contributed by atoms with Gasteiger partial charge in [0.25, 0.3) is 0 Å². The predicted molar refractivity (Wildman–Crippen MR) is 82.2 cm³/mol. The zero-order chi connectivity index (χ0) is 13.7. The first-order valence-electron chi connectivity index (χ1n) is 6.62. The average Bonchev–Trinajstić information content (AvgIpc) is 2.80. The summed E-state index contributed by atoms with van der Waals surface area (Å²) in [5, 5.41) is 3.40. The number of ether oxygens (including phenoxy) is 1. The minimum Gasteiger partial charge on any atom is -0.492 e. The van der Waals surface area contributed by atoms with Crippen LogP contribution in [0.15, 0.2) is 30.3 Å². The van der Waals surface area contributed by atoms with Crippen LogP contribution in [0.3, 0.4) is 0 Å². The summed E-state index contributed by atoms with van der Waals surface area (Å²) in [5.41, 5.74) is 2.51. The van der Waals surface area contributed by atoms with Crippen LogP contribution in [0.5, 0.6) is 5.75 Å². The van der Waals surface area contributed by atoms with Crippen LogP contribution in [0.2, 0.25) is 0 Å². The first kappa shape index (κ1) is 14.1. The van der Waals surface area contributed by atoms with Gasteiger partial charge < -0.3 is 10.1 Å². The molecule has 0 unspecified atom stereocenters. The highest BCUT2D eigenvalue weighted by molar-refractivity contribution is 7.11. The van der Waals surface area contributed by atoms with E-state index in [4.69, 9.17) is 4.74 Å². The average molecular weight is 275 g/mol. The predicted octanol–water partition coefficient (Wildman–Crippen LogP) is 3.84. The van der Waals surface area contributed by atoms with Crippen LogP contribution in [0, 0.1) is 20.8 Å². The van der Waals surface area contributed by atoms with Crippen molar-refractivity contribution in [2.75, 3.05) is 13.2 Å². The fourth-order valence-electron chi connectivity index (χ4n) is 1.91. The smallest absolute Gasteiger partial charge is 0.122 e. The lowest BCUT2D eigenvalue weighted by molar-refractivity contribution is 0.311. The van der Waals surface area contributed by atoms with Crippen molar-refractivity contribution in [1.82, 2.24) is 5.32 Å². The second-order valence-electron chi connectivity index (χ2n) is 4.74. The van der Waals surface area contributed by atoms with E-state index >= 15 is 0 Å². The molecule has 0 saturated heterocycles. The minimum absolute atomic E-state index is 0.703. The van der Waals surface area contributed by atoms with Crippen LogP contribution < -0.4 is 10.1 Å². The van der Waals surface area contributed by atoms with Gasteiger partial charge in [-0.25, -0.2) is 0 Å². The van der Waals surface area contributed by atoms with Crippen LogP contribution in [-0.2, 0) is 6.54 Å². The number of benzene rings is 1. The summed E-state index contributed by atoms with van der Waals surface area (Å²) in [6.07, 6.45) is 0. The molecule has 0 atom stereocenters. The third kappa shape index (κ3) is 4.08. The van der Waals surface area contributed by atoms with Gasteiger partial charge in [-0.2, -0.15) is 0 Å². The van der Waals surface area contributed by atoms with Crippen LogP contribution >= 0.6 is 11.3 Å². The van der Waals surface area contributed by atoms with E-state index in [2.05, 4.69) is 44.3 Å². The van der Waals surface area contributed by atoms with Gasteiger partial charge in [0.1, 0.15) is 12.4 Å². The molecule has 0 amide bonds. The van der Waals surface area contributed by atoms with Gasteiger partial charge in [0.05, 0.1) is 0 Å². The molecule has 0 radical (unpaired) electrons. The van der Waals surface area contributed by atoms with Crippen LogP contribution in [0.25, 0.3) is 0 Å². The monoisotopic (exact) mass is 275 g/mol. The zero-order valence-corrected chi connectivity index (χ0v) is 12.6. The molecule has 102 valence electrons. The number of hydrogen-bond donors (Lipinski definition) is 1. The lowest BCUT2D eigenvalue weighted by atomic mass is 10.1. The molecule has 2 nitrogen and oxygen atoms in total. The Morgan fingerprint density at radius 2 is 1.95 bits per heavy atom. The van der Waals surface area contributed by atoms with Crippen LogP contribution in [0.4, 0.5) is 0 Å². The summed E-state index contributed by atoms with van der Waals surface area (Å²) in [4.78, 5) is 2.74. The first-order chi connectivity index (χ1) is 9.16. The van der Waals surface area contributed by atoms with Gasteiger partial charge >= 0.3 is 0 Å². The molecule has 3 heteroatoms. The van der Waals surface area contributed by atoms with Gasteiger partial charge in [0.2, 0.25) is 0 Å². The second kappa shape index (κ2) is 6.73. The van der Waals surface area contributed by atoms with Crippen molar-refractivity contribution in [3.05, 3.63) is 51.2 Å². The van der Waals surface area contributed by atoms with Crippen molar-refractivity contribution < 1.29 is 4.74 Å². The molecule has 0 bridgehead atoms. The Balaban J connectivity index is 1.71. The minimum atomic E-state index is 0.703. The van der Waals surface area contributed by atoms with E-state index in [9.17, 15) is 0 Å². The van der Waals surface area contributed by atoms with Gasteiger partial charge in [-0.3, -0.25) is 0 Å². The molecule has 1 aromatic carbocycles. The Labute approximate surface area is 119 Å². The van der Waals surface area contributed by atoms with Crippen molar-refractivity contribution >= 4 is 11.3 Å². The first-order valence-corrected chi connectivity index (χ1v) is 7.43. The Morgan fingerprint density at radius 3 is 2.68 bits per heavy atom. The van der Waals surface area contributed by atoms with Crippen molar-refractivity contribution in [3.8, 4) is 5.75 Å². The quantitative estimate of drug-likeness (QED) is 0.809. The van der Waals surface area contributed by atoms with Gasteiger partial charge in [-0.1, -0.05) is 12.1 Å². The molecule has 0 aliphatic heterocycles. The molecule has 0 spiro atoms. The highest BCUT2D eigenvalue weighted by Crippen LogP contribution is 2.20. The van der Waals surface area contributed by atoms with Gasteiger partial charge in [0.15, 0.2) is 0 Å². The van der Waals surface area contributed by atoms with Crippen LogP contribution in [-0.4, -0.2) is 13.2 Å². The summed E-state index contributed by atoms with van der Waals surface area (Å²) < 4.78 is 5.80. The maximum Gasteiger partial charge on any atom is 0.122 e. The van der Waals surface area contributed by atoms with E-state index in [0.717, 1.165) is 18.8 Å². The Morgan fingerprint density at radius 1 is 1.11 bits per heavy atom. The van der Waals surface area contributed by atoms with E-state index in [0.29, 0.717) is 6.61 Å². The summed E-state index contributed by atoms with van der Waals surface area (Å²) in [6, 6.07) is 10.5. The fraction of sp³-hybridized carbons (Fsp3) is 0.375. The second-order valence-corrected chi connectivity index (χ2v) is 6.11. The third-order valence-electron chi connectivity index (χ3n) is 3.19. The number of nitrogens with one attached hydrogen (secondary N) is 1. The molecule has 2 aromatic rings. The van der Waals surface area contributed by atoms with Gasteiger partial charge in [-0.15, -0.1) is 11.3 Å². The number of hydrogen-bond acceptors (Lipinski definition) is 3. The zero-order valence-electron chi connectivity index (χ0n) is 11.8. The standard InChI is InChI=1S/C16H21NOS/c1-12-5-4-6-16(14(12)3)18-10-9-17-11-15-8-7-13(2)19-15/h4-8,17H,9-11H2,1-3H3. The molecule has 0 aliphatic carbocycles. The van der Waals surface area contributed by atoms with Crippen molar-refractivity contribution in [2.24, 2.45) is 0 Å². The van der Waals surface area contributed by atoms with E-state index in [1.807, 2.05) is 23.5 Å².